The first-order valence-electron chi connectivity index (χ1n) is 4.47. The average molecular weight is 188 g/mol. The van der Waals surface area contributed by atoms with Crippen molar-refractivity contribution in [2.75, 3.05) is 0 Å². The molecule has 72 valence electrons. The molecular formula is C10H12N4. The van der Waals surface area contributed by atoms with E-state index in [4.69, 9.17) is 5.73 Å². The monoisotopic (exact) mass is 188 g/mol. The molecule has 0 aliphatic carbocycles. The molecule has 14 heavy (non-hydrogen) atoms. The van der Waals surface area contributed by atoms with Crippen LogP contribution in [0.1, 0.15) is 11.3 Å². The summed E-state index contributed by atoms with van der Waals surface area (Å²) in [5, 5.41) is 4.26. The van der Waals surface area contributed by atoms with Gasteiger partial charge in [0.2, 0.25) is 0 Å². The van der Waals surface area contributed by atoms with E-state index < -0.39 is 0 Å². The van der Waals surface area contributed by atoms with Crippen molar-refractivity contribution in [3.63, 3.8) is 0 Å². The normalized spacial score (nSPS) is 10.4. The summed E-state index contributed by atoms with van der Waals surface area (Å²) < 4.78 is 1.75. The predicted molar refractivity (Wildman–Crippen MR) is 54.0 cm³/mol. The van der Waals surface area contributed by atoms with Gasteiger partial charge >= 0.3 is 0 Å². The first-order valence-corrected chi connectivity index (χ1v) is 4.47. The van der Waals surface area contributed by atoms with Gasteiger partial charge < -0.3 is 5.73 Å². The maximum Gasteiger partial charge on any atom is 0.153 e. The molecule has 0 amide bonds. The molecule has 0 unspecified atom stereocenters. The highest BCUT2D eigenvalue weighted by atomic mass is 15.3. The molecule has 0 radical (unpaired) electrons. The number of aryl methyl sites for hydroxylation is 1. The zero-order valence-electron chi connectivity index (χ0n) is 8.01. The van der Waals surface area contributed by atoms with Crippen LogP contribution >= 0.6 is 0 Å². The lowest BCUT2D eigenvalue weighted by Gasteiger charge is -2.00. The Morgan fingerprint density at radius 2 is 2.21 bits per heavy atom. The van der Waals surface area contributed by atoms with Crippen molar-refractivity contribution < 1.29 is 0 Å². The molecule has 2 aromatic rings. The molecular weight excluding hydrogens is 176 g/mol. The average Bonchev–Trinajstić information content (AvgIpc) is 2.65. The number of rotatable bonds is 2. The lowest BCUT2D eigenvalue weighted by molar-refractivity contribution is 0.829. The van der Waals surface area contributed by atoms with Crippen molar-refractivity contribution in [2.45, 2.75) is 13.5 Å². The van der Waals surface area contributed by atoms with Gasteiger partial charge in [0, 0.05) is 18.9 Å². The SMILES string of the molecule is Cc1ccn(-c2ccc(CN)cn2)n1. The van der Waals surface area contributed by atoms with Gasteiger partial charge in [-0.15, -0.1) is 0 Å². The molecule has 4 heteroatoms. The minimum absolute atomic E-state index is 0.519. The molecule has 0 spiro atoms. The van der Waals surface area contributed by atoms with Crippen LogP contribution in [0.2, 0.25) is 0 Å². The van der Waals surface area contributed by atoms with E-state index >= 15 is 0 Å². The number of nitrogens with zero attached hydrogens (tertiary/aromatic N) is 3. The third-order valence-corrected chi connectivity index (χ3v) is 2.00. The van der Waals surface area contributed by atoms with Crippen LogP contribution in [0.4, 0.5) is 0 Å². The fraction of sp³-hybridized carbons (Fsp3) is 0.200. The van der Waals surface area contributed by atoms with Crippen LogP contribution in [0.15, 0.2) is 30.6 Å². The molecule has 2 heterocycles. The fourth-order valence-electron chi connectivity index (χ4n) is 1.22. The topological polar surface area (TPSA) is 56.7 Å². The standard InChI is InChI=1S/C10H12N4/c1-8-4-5-14(13-8)10-3-2-9(6-11)7-12-10/h2-5,7H,6,11H2,1H3. The molecule has 2 aromatic heterocycles. The van der Waals surface area contributed by atoms with Crippen molar-refractivity contribution in [3.05, 3.63) is 41.9 Å². The van der Waals surface area contributed by atoms with E-state index in [0.29, 0.717) is 6.54 Å². The Morgan fingerprint density at radius 3 is 2.71 bits per heavy atom. The van der Waals surface area contributed by atoms with Crippen LogP contribution in [0.5, 0.6) is 0 Å². The van der Waals surface area contributed by atoms with E-state index in [0.717, 1.165) is 17.1 Å². The third kappa shape index (κ3) is 1.65. The molecule has 0 aliphatic heterocycles. The largest absolute Gasteiger partial charge is 0.326 e. The minimum atomic E-state index is 0.519. The maximum atomic E-state index is 5.48. The molecule has 0 aromatic carbocycles. The first kappa shape index (κ1) is 8.90. The quantitative estimate of drug-likeness (QED) is 0.766. The van der Waals surface area contributed by atoms with E-state index in [1.807, 2.05) is 31.3 Å². The molecule has 0 saturated heterocycles. The van der Waals surface area contributed by atoms with Crippen LogP contribution in [-0.2, 0) is 6.54 Å². The predicted octanol–water partition coefficient (Wildman–Crippen LogP) is 1.03. The van der Waals surface area contributed by atoms with Gasteiger partial charge in [0.25, 0.3) is 0 Å². The number of nitrogens with two attached hydrogens (primary N) is 1. The van der Waals surface area contributed by atoms with E-state index in [1.165, 1.54) is 0 Å². The van der Waals surface area contributed by atoms with Crippen LogP contribution in [0.3, 0.4) is 0 Å². The van der Waals surface area contributed by atoms with Crippen molar-refractivity contribution in [3.8, 4) is 5.82 Å². The summed E-state index contributed by atoms with van der Waals surface area (Å²) in [6.45, 7) is 2.47. The van der Waals surface area contributed by atoms with Crippen LogP contribution < -0.4 is 5.73 Å². The Labute approximate surface area is 82.4 Å². The Balaban J connectivity index is 2.33. The minimum Gasteiger partial charge on any atom is -0.326 e. The lowest BCUT2D eigenvalue weighted by atomic mass is 10.3. The summed E-state index contributed by atoms with van der Waals surface area (Å²) >= 11 is 0. The summed E-state index contributed by atoms with van der Waals surface area (Å²) in [4.78, 5) is 4.25. The molecule has 0 bridgehead atoms. The Morgan fingerprint density at radius 1 is 1.36 bits per heavy atom. The third-order valence-electron chi connectivity index (χ3n) is 2.00. The first-order chi connectivity index (χ1) is 6.79. The highest BCUT2D eigenvalue weighted by Gasteiger charge is 1.98. The highest BCUT2D eigenvalue weighted by molar-refractivity contribution is 5.24. The van der Waals surface area contributed by atoms with Crippen molar-refractivity contribution in [1.29, 1.82) is 0 Å². The van der Waals surface area contributed by atoms with E-state index in [-0.39, 0.29) is 0 Å². The van der Waals surface area contributed by atoms with Crippen molar-refractivity contribution in [1.82, 2.24) is 14.8 Å². The highest BCUT2D eigenvalue weighted by Crippen LogP contribution is 2.05. The Hall–Kier alpha value is -1.68. The molecule has 0 fully saturated rings. The van der Waals surface area contributed by atoms with E-state index in [9.17, 15) is 0 Å². The summed E-state index contributed by atoms with van der Waals surface area (Å²) in [6, 6.07) is 5.81. The summed E-state index contributed by atoms with van der Waals surface area (Å²) in [5.41, 5.74) is 7.49. The maximum absolute atomic E-state index is 5.48. The molecule has 0 aliphatic rings. The molecule has 2 N–H and O–H groups in total. The Bertz CT molecular complexity index is 416. The number of aromatic nitrogens is 3. The van der Waals surface area contributed by atoms with Crippen LogP contribution in [0, 0.1) is 6.92 Å². The summed E-state index contributed by atoms with van der Waals surface area (Å²) in [7, 11) is 0. The van der Waals surface area contributed by atoms with Crippen molar-refractivity contribution >= 4 is 0 Å². The molecule has 2 rings (SSSR count). The van der Waals surface area contributed by atoms with Gasteiger partial charge in [-0.25, -0.2) is 9.67 Å². The van der Waals surface area contributed by atoms with Gasteiger partial charge in [-0.3, -0.25) is 0 Å². The molecule has 0 saturated carbocycles. The second-order valence-corrected chi connectivity index (χ2v) is 3.13. The van der Waals surface area contributed by atoms with Gasteiger partial charge in [0.1, 0.15) is 0 Å². The van der Waals surface area contributed by atoms with Gasteiger partial charge in [-0.05, 0) is 24.6 Å². The van der Waals surface area contributed by atoms with Gasteiger partial charge in [0.05, 0.1) is 5.69 Å². The summed E-state index contributed by atoms with van der Waals surface area (Å²) in [6.07, 6.45) is 3.66. The number of hydrogen-bond donors (Lipinski definition) is 1. The van der Waals surface area contributed by atoms with Crippen molar-refractivity contribution in [2.24, 2.45) is 5.73 Å². The van der Waals surface area contributed by atoms with Gasteiger partial charge in [0.15, 0.2) is 5.82 Å². The van der Waals surface area contributed by atoms with Crippen LogP contribution in [0.25, 0.3) is 5.82 Å². The molecule has 4 nitrogen and oxygen atoms in total. The van der Waals surface area contributed by atoms with Gasteiger partial charge in [-0.1, -0.05) is 6.07 Å². The van der Waals surface area contributed by atoms with Crippen LogP contribution in [-0.4, -0.2) is 14.8 Å². The molecule has 0 atom stereocenters. The second kappa shape index (κ2) is 3.59. The smallest absolute Gasteiger partial charge is 0.153 e. The second-order valence-electron chi connectivity index (χ2n) is 3.13. The van der Waals surface area contributed by atoms with E-state index in [2.05, 4.69) is 10.1 Å². The number of hydrogen-bond acceptors (Lipinski definition) is 3. The fourth-order valence-corrected chi connectivity index (χ4v) is 1.22. The lowest BCUT2D eigenvalue weighted by Crippen LogP contribution is -2.01. The van der Waals surface area contributed by atoms with E-state index in [1.54, 1.807) is 10.9 Å². The zero-order valence-corrected chi connectivity index (χ0v) is 8.01. The van der Waals surface area contributed by atoms with Gasteiger partial charge in [-0.2, -0.15) is 5.10 Å². The summed E-state index contributed by atoms with van der Waals surface area (Å²) in [5.74, 6) is 0.815. The number of pyridine rings is 1. The zero-order chi connectivity index (χ0) is 9.97. The Kier molecular flexibility index (Phi) is 2.28.